The lowest BCUT2D eigenvalue weighted by Crippen LogP contribution is -2.44. The fourth-order valence-corrected chi connectivity index (χ4v) is 2.46. The number of rotatable bonds is 4. The minimum Gasteiger partial charge on any atom is -0.472 e. The molecule has 0 fully saturated rings. The standard InChI is InChI=1S/C17H19NO4/c1-11-6-5-7-12(2)15(11)18(13(3)17(20)21-4)16(19)14-8-9-22-10-14/h5-10,13H,1-4H3. The Kier molecular flexibility index (Phi) is 4.65. The van der Waals surface area contributed by atoms with E-state index >= 15 is 0 Å². The second kappa shape index (κ2) is 6.47. The number of furan rings is 1. The second-order valence-electron chi connectivity index (χ2n) is 5.13. The molecule has 0 aliphatic carbocycles. The van der Waals surface area contributed by atoms with Crippen LogP contribution >= 0.6 is 0 Å². The lowest BCUT2D eigenvalue weighted by molar-refractivity contribution is -0.141. The predicted molar refractivity (Wildman–Crippen MR) is 82.9 cm³/mol. The molecule has 1 atom stereocenters. The van der Waals surface area contributed by atoms with Crippen LogP contribution in [0, 0.1) is 13.8 Å². The number of carbonyl (C=O) groups excluding carboxylic acids is 2. The van der Waals surface area contributed by atoms with Gasteiger partial charge in [0.2, 0.25) is 0 Å². The summed E-state index contributed by atoms with van der Waals surface area (Å²) in [4.78, 5) is 26.3. The largest absolute Gasteiger partial charge is 0.472 e. The first-order valence-electron chi connectivity index (χ1n) is 6.97. The Balaban J connectivity index is 2.55. The Morgan fingerprint density at radius 1 is 1.18 bits per heavy atom. The normalized spacial score (nSPS) is 11.8. The number of nitrogens with zero attached hydrogens (tertiary/aromatic N) is 1. The van der Waals surface area contributed by atoms with Crippen LogP contribution in [0.2, 0.25) is 0 Å². The predicted octanol–water partition coefficient (Wildman–Crippen LogP) is 3.10. The van der Waals surface area contributed by atoms with Gasteiger partial charge >= 0.3 is 5.97 Å². The quantitative estimate of drug-likeness (QED) is 0.814. The number of esters is 1. The molecule has 2 rings (SSSR count). The highest BCUT2D eigenvalue weighted by Gasteiger charge is 2.31. The number of hydrogen-bond acceptors (Lipinski definition) is 4. The Labute approximate surface area is 129 Å². The Morgan fingerprint density at radius 3 is 2.32 bits per heavy atom. The number of anilines is 1. The molecule has 0 aliphatic heterocycles. The average Bonchev–Trinajstić information content (AvgIpc) is 3.03. The molecule has 1 unspecified atom stereocenters. The molecule has 0 saturated heterocycles. The van der Waals surface area contributed by atoms with E-state index in [0.717, 1.165) is 11.1 Å². The van der Waals surface area contributed by atoms with Crippen LogP contribution in [-0.4, -0.2) is 25.0 Å². The highest BCUT2D eigenvalue weighted by molar-refractivity contribution is 6.09. The third kappa shape index (κ3) is 2.88. The van der Waals surface area contributed by atoms with E-state index in [9.17, 15) is 9.59 Å². The molecule has 2 aromatic rings. The summed E-state index contributed by atoms with van der Waals surface area (Å²) in [6, 6.07) is 6.56. The van der Waals surface area contributed by atoms with Gasteiger partial charge in [-0.3, -0.25) is 9.69 Å². The molecule has 5 nitrogen and oxygen atoms in total. The summed E-state index contributed by atoms with van der Waals surface area (Å²) in [5.74, 6) is -0.774. The maximum absolute atomic E-state index is 12.8. The van der Waals surface area contributed by atoms with E-state index in [1.54, 1.807) is 13.0 Å². The Bertz CT molecular complexity index is 656. The van der Waals surface area contributed by atoms with E-state index in [1.807, 2.05) is 32.0 Å². The fraction of sp³-hybridized carbons (Fsp3) is 0.294. The first kappa shape index (κ1) is 15.8. The zero-order chi connectivity index (χ0) is 16.3. The van der Waals surface area contributed by atoms with Gasteiger partial charge in [-0.25, -0.2) is 4.79 Å². The molecule has 22 heavy (non-hydrogen) atoms. The van der Waals surface area contributed by atoms with Crippen LogP contribution in [0.1, 0.15) is 28.4 Å². The third-order valence-electron chi connectivity index (χ3n) is 3.60. The molecular formula is C17H19NO4. The van der Waals surface area contributed by atoms with Gasteiger partial charge in [-0.15, -0.1) is 0 Å². The topological polar surface area (TPSA) is 59.8 Å². The lowest BCUT2D eigenvalue weighted by Gasteiger charge is -2.30. The van der Waals surface area contributed by atoms with E-state index < -0.39 is 12.0 Å². The van der Waals surface area contributed by atoms with Crippen LogP contribution < -0.4 is 4.90 Å². The molecular weight excluding hydrogens is 282 g/mol. The molecule has 0 bridgehead atoms. The average molecular weight is 301 g/mol. The maximum atomic E-state index is 12.8. The number of amides is 1. The van der Waals surface area contributed by atoms with Crippen molar-refractivity contribution in [2.24, 2.45) is 0 Å². The van der Waals surface area contributed by atoms with Crippen molar-refractivity contribution in [2.45, 2.75) is 26.8 Å². The lowest BCUT2D eigenvalue weighted by atomic mass is 10.0. The van der Waals surface area contributed by atoms with Crippen molar-refractivity contribution in [1.82, 2.24) is 0 Å². The fourth-order valence-electron chi connectivity index (χ4n) is 2.46. The van der Waals surface area contributed by atoms with Crippen LogP contribution in [0.5, 0.6) is 0 Å². The van der Waals surface area contributed by atoms with E-state index in [2.05, 4.69) is 0 Å². The number of hydrogen-bond donors (Lipinski definition) is 0. The number of para-hydroxylation sites is 1. The van der Waals surface area contributed by atoms with Crippen molar-refractivity contribution < 1.29 is 18.7 Å². The van der Waals surface area contributed by atoms with E-state index in [-0.39, 0.29) is 5.91 Å². The van der Waals surface area contributed by atoms with Gasteiger partial charge in [-0.05, 0) is 38.0 Å². The van der Waals surface area contributed by atoms with Gasteiger partial charge < -0.3 is 9.15 Å². The maximum Gasteiger partial charge on any atom is 0.328 e. The number of ether oxygens (including phenoxy) is 1. The van der Waals surface area contributed by atoms with Crippen molar-refractivity contribution in [2.75, 3.05) is 12.0 Å². The van der Waals surface area contributed by atoms with Gasteiger partial charge in [0.25, 0.3) is 5.91 Å². The van der Waals surface area contributed by atoms with E-state index in [1.165, 1.54) is 24.5 Å². The van der Waals surface area contributed by atoms with Gasteiger partial charge in [0.1, 0.15) is 12.3 Å². The highest BCUT2D eigenvalue weighted by Crippen LogP contribution is 2.28. The molecule has 1 amide bonds. The zero-order valence-electron chi connectivity index (χ0n) is 13.1. The van der Waals surface area contributed by atoms with Gasteiger partial charge in [0.05, 0.1) is 24.6 Å². The molecule has 0 N–H and O–H groups in total. The smallest absolute Gasteiger partial charge is 0.328 e. The van der Waals surface area contributed by atoms with Gasteiger partial charge in [-0.2, -0.15) is 0 Å². The third-order valence-corrected chi connectivity index (χ3v) is 3.60. The SMILES string of the molecule is COC(=O)C(C)N(C(=O)c1ccoc1)c1c(C)cccc1C. The van der Waals surface area contributed by atoms with Crippen molar-refractivity contribution in [3.8, 4) is 0 Å². The number of aryl methyl sites for hydroxylation is 2. The molecule has 1 aromatic heterocycles. The van der Waals surface area contributed by atoms with Gasteiger partial charge in [0.15, 0.2) is 0 Å². The van der Waals surface area contributed by atoms with Crippen molar-refractivity contribution in [1.29, 1.82) is 0 Å². The minimum absolute atomic E-state index is 0.302. The summed E-state index contributed by atoms with van der Waals surface area (Å²) in [5, 5.41) is 0. The summed E-state index contributed by atoms with van der Waals surface area (Å²) in [7, 11) is 1.31. The van der Waals surface area contributed by atoms with Crippen molar-refractivity contribution in [3.05, 3.63) is 53.5 Å². The highest BCUT2D eigenvalue weighted by atomic mass is 16.5. The van der Waals surface area contributed by atoms with Crippen LogP contribution in [0.15, 0.2) is 41.2 Å². The second-order valence-corrected chi connectivity index (χ2v) is 5.13. The zero-order valence-corrected chi connectivity index (χ0v) is 13.1. The van der Waals surface area contributed by atoms with Crippen LogP contribution in [0.3, 0.4) is 0 Å². The monoisotopic (exact) mass is 301 g/mol. The van der Waals surface area contributed by atoms with E-state index in [4.69, 9.17) is 9.15 Å². The van der Waals surface area contributed by atoms with Crippen molar-refractivity contribution >= 4 is 17.6 Å². The molecule has 1 heterocycles. The van der Waals surface area contributed by atoms with Crippen molar-refractivity contribution in [3.63, 3.8) is 0 Å². The molecule has 0 saturated carbocycles. The molecule has 116 valence electrons. The molecule has 0 spiro atoms. The first-order valence-corrected chi connectivity index (χ1v) is 6.97. The van der Waals surface area contributed by atoms with Crippen LogP contribution in [0.4, 0.5) is 5.69 Å². The Morgan fingerprint density at radius 2 is 1.82 bits per heavy atom. The number of methoxy groups -OCH3 is 1. The molecule has 0 radical (unpaired) electrons. The minimum atomic E-state index is -0.743. The van der Waals surface area contributed by atoms with Crippen LogP contribution in [0.25, 0.3) is 0 Å². The summed E-state index contributed by atoms with van der Waals surface area (Å²) in [6.07, 6.45) is 2.80. The molecule has 5 heteroatoms. The summed E-state index contributed by atoms with van der Waals surface area (Å²) >= 11 is 0. The summed E-state index contributed by atoms with van der Waals surface area (Å²) < 4.78 is 9.79. The Hall–Kier alpha value is -2.56. The molecule has 1 aromatic carbocycles. The summed E-state index contributed by atoms with van der Waals surface area (Å²) in [6.45, 7) is 5.46. The van der Waals surface area contributed by atoms with Gasteiger partial charge in [-0.1, -0.05) is 18.2 Å². The first-order chi connectivity index (χ1) is 10.5. The number of carbonyl (C=O) groups is 2. The number of benzene rings is 1. The van der Waals surface area contributed by atoms with Gasteiger partial charge in [0, 0.05) is 0 Å². The van der Waals surface area contributed by atoms with E-state index in [0.29, 0.717) is 11.3 Å². The molecule has 0 aliphatic rings. The summed E-state index contributed by atoms with van der Waals surface area (Å²) in [5.41, 5.74) is 2.92. The van der Waals surface area contributed by atoms with Crippen LogP contribution in [-0.2, 0) is 9.53 Å².